The summed E-state index contributed by atoms with van der Waals surface area (Å²) in [7, 11) is 0. The van der Waals surface area contributed by atoms with Crippen molar-refractivity contribution in [3.8, 4) is 0 Å². The maximum absolute atomic E-state index is 12.4. The number of H-pyrrole nitrogens is 1. The molecule has 0 saturated heterocycles. The lowest BCUT2D eigenvalue weighted by atomic mass is 9.96. The summed E-state index contributed by atoms with van der Waals surface area (Å²) in [5, 5.41) is 3.74. The lowest BCUT2D eigenvalue weighted by Crippen LogP contribution is -2.32. The summed E-state index contributed by atoms with van der Waals surface area (Å²) in [6, 6.07) is 19.2. The summed E-state index contributed by atoms with van der Waals surface area (Å²) in [6.07, 6.45) is 0.915. The van der Waals surface area contributed by atoms with Crippen molar-refractivity contribution in [2.75, 3.05) is 6.54 Å². The van der Waals surface area contributed by atoms with Crippen molar-refractivity contribution >= 4 is 16.8 Å². The number of amides is 1. The van der Waals surface area contributed by atoms with E-state index in [4.69, 9.17) is 0 Å². The maximum Gasteiger partial charge on any atom is 0.261 e. The van der Waals surface area contributed by atoms with Crippen LogP contribution in [-0.2, 0) is 0 Å². The van der Waals surface area contributed by atoms with Gasteiger partial charge >= 0.3 is 0 Å². The summed E-state index contributed by atoms with van der Waals surface area (Å²) in [5.41, 5.74) is 1.71. The quantitative estimate of drug-likeness (QED) is 0.756. The molecule has 2 N–H and O–H groups in total. The Labute approximate surface area is 140 Å². The van der Waals surface area contributed by atoms with E-state index >= 15 is 0 Å². The number of para-hydroxylation sites is 1. The molecule has 0 aliphatic carbocycles. The zero-order valence-electron chi connectivity index (χ0n) is 13.6. The van der Waals surface area contributed by atoms with E-state index in [2.05, 4.69) is 29.4 Å². The van der Waals surface area contributed by atoms with Crippen LogP contribution in [0.3, 0.4) is 0 Å². The highest BCUT2D eigenvalue weighted by Crippen LogP contribution is 2.18. The van der Waals surface area contributed by atoms with Crippen molar-refractivity contribution < 1.29 is 4.79 Å². The molecular formula is C20H20N2O2. The maximum atomic E-state index is 12.4. The monoisotopic (exact) mass is 320 g/mol. The summed E-state index contributed by atoms with van der Waals surface area (Å²) in [4.78, 5) is 27.3. The average Bonchev–Trinajstić information content (AvgIpc) is 2.62. The molecule has 4 nitrogen and oxygen atoms in total. The largest absolute Gasteiger partial charge is 0.351 e. The molecule has 0 bridgehead atoms. The Hall–Kier alpha value is -2.88. The van der Waals surface area contributed by atoms with Crippen LogP contribution in [0.4, 0.5) is 0 Å². The molecule has 0 aliphatic rings. The van der Waals surface area contributed by atoms with Gasteiger partial charge in [-0.25, -0.2) is 0 Å². The average molecular weight is 320 g/mol. The molecule has 0 spiro atoms. The van der Waals surface area contributed by atoms with Crippen LogP contribution in [0.1, 0.15) is 35.2 Å². The molecule has 3 rings (SSSR count). The van der Waals surface area contributed by atoms with Gasteiger partial charge in [-0.3, -0.25) is 9.59 Å². The third-order valence-corrected chi connectivity index (χ3v) is 4.27. The van der Waals surface area contributed by atoms with Crippen LogP contribution >= 0.6 is 0 Å². The van der Waals surface area contributed by atoms with Crippen molar-refractivity contribution in [3.05, 3.63) is 82.1 Å². The van der Waals surface area contributed by atoms with E-state index in [1.54, 1.807) is 6.07 Å². The lowest BCUT2D eigenvalue weighted by molar-refractivity contribution is 0.0949. The van der Waals surface area contributed by atoms with Crippen LogP contribution in [0.25, 0.3) is 10.9 Å². The van der Waals surface area contributed by atoms with Crippen molar-refractivity contribution in [1.82, 2.24) is 10.3 Å². The predicted octanol–water partition coefficient (Wildman–Crippen LogP) is 3.45. The molecule has 1 atom stereocenters. The SMILES string of the molecule is CCC(CNC(=O)c1cc2ccccc2[nH]c1=O)c1ccccc1. The topological polar surface area (TPSA) is 62.0 Å². The summed E-state index contributed by atoms with van der Waals surface area (Å²) >= 11 is 0. The van der Waals surface area contributed by atoms with Crippen LogP contribution in [-0.4, -0.2) is 17.4 Å². The van der Waals surface area contributed by atoms with Gasteiger partial charge in [0.25, 0.3) is 11.5 Å². The number of fused-ring (bicyclic) bond motifs is 1. The van der Waals surface area contributed by atoms with E-state index in [1.807, 2.05) is 42.5 Å². The fourth-order valence-electron chi connectivity index (χ4n) is 2.85. The molecule has 0 aliphatic heterocycles. The molecule has 1 heterocycles. The zero-order valence-corrected chi connectivity index (χ0v) is 13.6. The Bertz CT molecular complexity index is 900. The molecule has 1 amide bonds. The Kier molecular flexibility index (Phi) is 4.75. The van der Waals surface area contributed by atoms with Gasteiger partial charge < -0.3 is 10.3 Å². The normalized spacial score (nSPS) is 12.0. The molecule has 1 aromatic heterocycles. The standard InChI is InChI=1S/C20H20N2O2/c1-2-14(15-8-4-3-5-9-15)13-21-19(23)17-12-16-10-6-7-11-18(16)22-20(17)24/h3-12,14H,2,13H2,1H3,(H,21,23)(H,22,24). The molecule has 2 aromatic carbocycles. The van der Waals surface area contributed by atoms with Gasteiger partial charge in [-0.1, -0.05) is 55.5 Å². The molecule has 24 heavy (non-hydrogen) atoms. The third-order valence-electron chi connectivity index (χ3n) is 4.27. The van der Waals surface area contributed by atoms with E-state index in [0.29, 0.717) is 6.54 Å². The van der Waals surface area contributed by atoms with Crippen molar-refractivity contribution in [1.29, 1.82) is 0 Å². The molecule has 0 saturated carbocycles. The van der Waals surface area contributed by atoms with E-state index in [9.17, 15) is 9.59 Å². The van der Waals surface area contributed by atoms with Crippen LogP contribution in [0.15, 0.2) is 65.5 Å². The van der Waals surface area contributed by atoms with Gasteiger partial charge in [0.15, 0.2) is 0 Å². The fraction of sp³-hybridized carbons (Fsp3) is 0.200. The van der Waals surface area contributed by atoms with E-state index in [1.165, 1.54) is 5.56 Å². The molecule has 0 fully saturated rings. The Balaban J connectivity index is 1.77. The Morgan fingerprint density at radius 1 is 1.08 bits per heavy atom. The number of carbonyl (C=O) groups excluding carboxylic acids is 1. The predicted molar refractivity (Wildman–Crippen MR) is 96.4 cm³/mol. The van der Waals surface area contributed by atoms with Crippen LogP contribution in [0.2, 0.25) is 0 Å². The number of pyridine rings is 1. The highest BCUT2D eigenvalue weighted by molar-refractivity contribution is 5.97. The van der Waals surface area contributed by atoms with E-state index in [-0.39, 0.29) is 22.9 Å². The summed E-state index contributed by atoms with van der Waals surface area (Å²) in [5.74, 6) is -0.105. The van der Waals surface area contributed by atoms with Gasteiger partial charge in [-0.05, 0) is 29.5 Å². The number of aromatic amines is 1. The number of hydrogen-bond acceptors (Lipinski definition) is 2. The number of rotatable bonds is 5. The number of hydrogen-bond donors (Lipinski definition) is 2. The highest BCUT2D eigenvalue weighted by atomic mass is 16.2. The Morgan fingerprint density at radius 2 is 1.79 bits per heavy atom. The first-order chi connectivity index (χ1) is 11.7. The highest BCUT2D eigenvalue weighted by Gasteiger charge is 2.15. The smallest absolute Gasteiger partial charge is 0.261 e. The first-order valence-electron chi connectivity index (χ1n) is 8.14. The third kappa shape index (κ3) is 3.38. The number of nitrogens with one attached hydrogen (secondary N) is 2. The minimum atomic E-state index is -0.362. The number of carbonyl (C=O) groups is 1. The van der Waals surface area contributed by atoms with Crippen molar-refractivity contribution in [3.63, 3.8) is 0 Å². The van der Waals surface area contributed by atoms with Gasteiger partial charge in [-0.2, -0.15) is 0 Å². The first-order valence-corrected chi connectivity index (χ1v) is 8.14. The summed E-state index contributed by atoms with van der Waals surface area (Å²) in [6.45, 7) is 2.60. The van der Waals surface area contributed by atoms with Gasteiger partial charge in [0.2, 0.25) is 0 Å². The van der Waals surface area contributed by atoms with Gasteiger partial charge in [0.05, 0.1) is 0 Å². The first kappa shape index (κ1) is 16.0. The number of benzene rings is 2. The van der Waals surface area contributed by atoms with Gasteiger partial charge in [0, 0.05) is 18.0 Å². The zero-order chi connectivity index (χ0) is 16.9. The Morgan fingerprint density at radius 3 is 2.54 bits per heavy atom. The molecule has 122 valence electrons. The molecule has 3 aromatic rings. The van der Waals surface area contributed by atoms with Crippen molar-refractivity contribution in [2.24, 2.45) is 0 Å². The van der Waals surface area contributed by atoms with Crippen molar-refractivity contribution in [2.45, 2.75) is 19.3 Å². The van der Waals surface area contributed by atoms with Crippen LogP contribution in [0.5, 0.6) is 0 Å². The number of aromatic nitrogens is 1. The van der Waals surface area contributed by atoms with E-state index < -0.39 is 0 Å². The molecule has 4 heteroatoms. The second-order valence-corrected chi connectivity index (χ2v) is 5.83. The lowest BCUT2D eigenvalue weighted by Gasteiger charge is -2.16. The van der Waals surface area contributed by atoms with Crippen LogP contribution < -0.4 is 10.9 Å². The minimum Gasteiger partial charge on any atom is -0.351 e. The molecular weight excluding hydrogens is 300 g/mol. The molecule has 0 radical (unpaired) electrons. The molecule has 1 unspecified atom stereocenters. The summed E-state index contributed by atoms with van der Waals surface area (Å²) < 4.78 is 0. The van der Waals surface area contributed by atoms with Gasteiger partial charge in [-0.15, -0.1) is 0 Å². The minimum absolute atomic E-state index is 0.150. The van der Waals surface area contributed by atoms with Gasteiger partial charge in [0.1, 0.15) is 5.56 Å². The fourth-order valence-corrected chi connectivity index (χ4v) is 2.85. The second-order valence-electron chi connectivity index (χ2n) is 5.83. The van der Waals surface area contributed by atoms with Crippen LogP contribution in [0, 0.1) is 0 Å². The van der Waals surface area contributed by atoms with E-state index in [0.717, 1.165) is 17.3 Å². The second kappa shape index (κ2) is 7.13.